The van der Waals surface area contributed by atoms with Crippen LogP contribution in [0.4, 0.5) is 0 Å². The largest absolute Gasteiger partial charge is 0.490 e. The Kier molecular flexibility index (Phi) is 9.50. The second-order valence-corrected chi connectivity index (χ2v) is 11.4. The van der Waals surface area contributed by atoms with Gasteiger partial charge < -0.3 is 23.4 Å². The normalized spacial score (nSPS) is 14.6. The summed E-state index contributed by atoms with van der Waals surface area (Å²) in [6.07, 6.45) is 1.67. The van der Waals surface area contributed by atoms with Crippen molar-refractivity contribution in [2.75, 3.05) is 26.9 Å². The van der Waals surface area contributed by atoms with Gasteiger partial charge in [0.05, 0.1) is 42.2 Å². The van der Waals surface area contributed by atoms with Crippen LogP contribution in [0.25, 0.3) is 17.4 Å². The van der Waals surface area contributed by atoms with Gasteiger partial charge in [0.1, 0.15) is 11.5 Å². The molecule has 0 saturated carbocycles. The smallest absolute Gasteiger partial charge is 0.343 e. The van der Waals surface area contributed by atoms with Gasteiger partial charge in [0.15, 0.2) is 22.9 Å². The number of benzene rings is 2. The number of carbonyl (C=O) groups is 2. The molecule has 0 spiro atoms. The molecule has 2 aromatic carbocycles. The molecule has 0 bridgehead atoms. The molecule has 44 heavy (non-hydrogen) atoms. The van der Waals surface area contributed by atoms with E-state index in [-0.39, 0.29) is 24.3 Å². The number of halogens is 1. The molecule has 0 fully saturated rings. The lowest BCUT2D eigenvalue weighted by Gasteiger charge is -2.25. The number of esters is 2. The molecule has 1 aliphatic rings. The highest BCUT2D eigenvalue weighted by Gasteiger charge is 2.34. The molecular formula is C32H29BrN2O8S. The van der Waals surface area contributed by atoms with E-state index >= 15 is 0 Å². The number of allylic oxidation sites excluding steroid dienone is 1. The number of hydrogen-bond donors (Lipinski definition) is 0. The van der Waals surface area contributed by atoms with Crippen LogP contribution in [0.1, 0.15) is 38.1 Å². The summed E-state index contributed by atoms with van der Waals surface area (Å²) in [6.45, 7) is 5.38. The molecule has 5 rings (SSSR count). The van der Waals surface area contributed by atoms with Gasteiger partial charge in [-0.25, -0.2) is 14.6 Å². The Balaban J connectivity index is 1.62. The van der Waals surface area contributed by atoms with Gasteiger partial charge in [-0.1, -0.05) is 45.5 Å². The van der Waals surface area contributed by atoms with Crippen molar-refractivity contribution in [3.8, 4) is 22.8 Å². The summed E-state index contributed by atoms with van der Waals surface area (Å²) >= 11 is 4.67. The highest BCUT2D eigenvalue weighted by Crippen LogP contribution is 2.36. The molecule has 0 amide bonds. The molecular weight excluding hydrogens is 652 g/mol. The lowest BCUT2D eigenvalue weighted by Crippen LogP contribution is -2.40. The Labute approximate surface area is 265 Å². The first-order valence-corrected chi connectivity index (χ1v) is 15.4. The van der Waals surface area contributed by atoms with E-state index in [9.17, 15) is 14.4 Å². The van der Waals surface area contributed by atoms with Crippen molar-refractivity contribution >= 4 is 45.3 Å². The second kappa shape index (κ2) is 13.5. The van der Waals surface area contributed by atoms with Crippen molar-refractivity contribution in [2.24, 2.45) is 4.99 Å². The minimum Gasteiger partial charge on any atom is -0.490 e. The molecule has 2 aromatic heterocycles. The van der Waals surface area contributed by atoms with E-state index < -0.39 is 18.0 Å². The second-order valence-electron chi connectivity index (χ2n) is 9.52. The molecule has 10 nitrogen and oxygen atoms in total. The maximum atomic E-state index is 14.0. The Morgan fingerprint density at radius 1 is 1.07 bits per heavy atom. The third kappa shape index (κ3) is 6.41. The third-order valence-electron chi connectivity index (χ3n) is 6.68. The van der Waals surface area contributed by atoms with Crippen LogP contribution in [0.5, 0.6) is 11.5 Å². The van der Waals surface area contributed by atoms with Crippen molar-refractivity contribution in [2.45, 2.75) is 26.8 Å². The summed E-state index contributed by atoms with van der Waals surface area (Å²) in [5.41, 5.74) is 1.77. The van der Waals surface area contributed by atoms with Crippen LogP contribution in [0.3, 0.4) is 0 Å². The number of furan rings is 1. The fraction of sp³-hybridized carbons (Fsp3) is 0.250. The van der Waals surface area contributed by atoms with Crippen LogP contribution in [-0.4, -0.2) is 43.4 Å². The summed E-state index contributed by atoms with van der Waals surface area (Å²) in [5, 5.41) is 0. The van der Waals surface area contributed by atoms with E-state index in [0.29, 0.717) is 50.2 Å². The first-order valence-electron chi connectivity index (χ1n) is 13.8. The van der Waals surface area contributed by atoms with Gasteiger partial charge in [-0.05, 0) is 62.7 Å². The van der Waals surface area contributed by atoms with E-state index in [2.05, 4.69) is 25.7 Å². The highest BCUT2D eigenvalue weighted by molar-refractivity contribution is 9.10. The average Bonchev–Trinajstić information content (AvgIpc) is 3.60. The summed E-state index contributed by atoms with van der Waals surface area (Å²) in [5.74, 6) is 0.666. The molecule has 228 valence electrons. The minimum absolute atomic E-state index is 0.149. The number of carbonyl (C=O) groups excluding carboxylic acids is 2. The molecule has 12 heteroatoms. The van der Waals surface area contributed by atoms with Gasteiger partial charge in [-0.15, -0.1) is 0 Å². The summed E-state index contributed by atoms with van der Waals surface area (Å²) < 4.78 is 30.3. The number of thiazole rings is 1. The summed E-state index contributed by atoms with van der Waals surface area (Å²) in [6, 6.07) is 15.5. The molecule has 0 saturated heterocycles. The Bertz CT molecular complexity index is 1940. The lowest BCUT2D eigenvalue weighted by molar-refractivity contribution is -0.143. The van der Waals surface area contributed by atoms with E-state index in [1.54, 1.807) is 44.2 Å². The molecule has 0 unspecified atom stereocenters. The lowest BCUT2D eigenvalue weighted by atomic mass is 9.95. The molecule has 1 aliphatic heterocycles. The van der Waals surface area contributed by atoms with Crippen molar-refractivity contribution < 1.29 is 33.0 Å². The molecule has 0 N–H and O–H groups in total. The number of methoxy groups -OCH3 is 1. The number of hydrogen-bond acceptors (Lipinski definition) is 10. The third-order valence-corrected chi connectivity index (χ3v) is 8.16. The molecule has 4 aromatic rings. The van der Waals surface area contributed by atoms with E-state index in [4.69, 9.17) is 18.6 Å². The van der Waals surface area contributed by atoms with Gasteiger partial charge in [-0.3, -0.25) is 9.36 Å². The number of rotatable bonds is 10. The number of ether oxygens (including phenoxy) is 4. The van der Waals surface area contributed by atoms with Crippen LogP contribution >= 0.6 is 27.3 Å². The van der Waals surface area contributed by atoms with Crippen molar-refractivity contribution in [1.82, 2.24) is 4.57 Å². The number of aromatic nitrogens is 1. The molecule has 0 aliphatic carbocycles. The fourth-order valence-electron chi connectivity index (χ4n) is 4.74. The van der Waals surface area contributed by atoms with E-state index in [1.165, 1.54) is 23.0 Å². The van der Waals surface area contributed by atoms with Crippen LogP contribution in [0.15, 0.2) is 84.5 Å². The van der Waals surface area contributed by atoms with Gasteiger partial charge in [0, 0.05) is 16.1 Å². The Morgan fingerprint density at radius 3 is 2.61 bits per heavy atom. The summed E-state index contributed by atoms with van der Waals surface area (Å²) in [4.78, 5) is 44.0. The van der Waals surface area contributed by atoms with Crippen LogP contribution in [-0.2, 0) is 19.1 Å². The van der Waals surface area contributed by atoms with Gasteiger partial charge in [0.25, 0.3) is 5.56 Å². The quantitative estimate of drug-likeness (QED) is 0.220. The fourth-order valence-corrected chi connectivity index (χ4v) is 6.17. The van der Waals surface area contributed by atoms with Crippen LogP contribution in [0, 0.1) is 0 Å². The zero-order valence-corrected chi connectivity index (χ0v) is 26.8. The van der Waals surface area contributed by atoms with Gasteiger partial charge >= 0.3 is 11.9 Å². The molecule has 0 radical (unpaired) electrons. The van der Waals surface area contributed by atoms with Crippen molar-refractivity contribution in [3.63, 3.8) is 0 Å². The van der Waals surface area contributed by atoms with Crippen molar-refractivity contribution in [3.05, 3.63) is 101 Å². The number of fused-ring (bicyclic) bond motifs is 1. The SMILES string of the molecule is CCOC(=O)C1=C(C)N=c2s/c(=C/c3ccc(-c4cccc(Br)c4)o3)c(=O)n2[C@H]1c1ccc(OCC(=O)OC)c(OCC)c1. The summed E-state index contributed by atoms with van der Waals surface area (Å²) in [7, 11) is 1.27. The first-order chi connectivity index (χ1) is 21.2. The van der Waals surface area contributed by atoms with Crippen LogP contribution < -0.4 is 24.4 Å². The average molecular weight is 682 g/mol. The molecule has 3 heterocycles. The highest BCUT2D eigenvalue weighted by atomic mass is 79.9. The zero-order valence-electron chi connectivity index (χ0n) is 24.4. The monoisotopic (exact) mass is 680 g/mol. The minimum atomic E-state index is -0.866. The molecule has 1 atom stereocenters. The van der Waals surface area contributed by atoms with Crippen LogP contribution in [0.2, 0.25) is 0 Å². The Hall–Kier alpha value is -4.42. The van der Waals surface area contributed by atoms with Crippen molar-refractivity contribution in [1.29, 1.82) is 0 Å². The van der Waals surface area contributed by atoms with Gasteiger partial charge in [0.2, 0.25) is 0 Å². The van der Waals surface area contributed by atoms with E-state index in [0.717, 1.165) is 10.0 Å². The maximum absolute atomic E-state index is 14.0. The Morgan fingerprint density at radius 2 is 1.89 bits per heavy atom. The predicted molar refractivity (Wildman–Crippen MR) is 167 cm³/mol. The van der Waals surface area contributed by atoms with E-state index in [1.807, 2.05) is 37.3 Å². The standard InChI is InChI=1S/C32H29BrN2O8S/c1-5-40-25-15-20(10-12-24(25)42-17-27(36)39-4)29-28(31(38)41-6-2)18(3)34-32-35(29)30(37)26(44-32)16-22-11-13-23(43-22)19-8-7-9-21(33)14-19/h7-16,29H,5-6,17H2,1-4H3/b26-16+/t29-/m0/s1. The first kappa shape index (κ1) is 31.0. The zero-order chi connectivity index (χ0) is 31.4. The predicted octanol–water partition coefficient (Wildman–Crippen LogP) is 4.77. The maximum Gasteiger partial charge on any atom is 0.343 e. The van der Waals surface area contributed by atoms with Gasteiger partial charge in [-0.2, -0.15) is 0 Å². The number of nitrogens with zero attached hydrogens (tertiary/aromatic N) is 2. The topological polar surface area (TPSA) is 119 Å².